The standard InChI is InChI=1S/C9H13Cl2N3/c1-6(2)8(3-10)14-9-12-4-7(11)5-13-9/h4-6,8H,3H2,1-2H3,(H,12,13,14). The van der Waals surface area contributed by atoms with Gasteiger partial charge in [-0.2, -0.15) is 0 Å². The monoisotopic (exact) mass is 233 g/mol. The molecular weight excluding hydrogens is 221 g/mol. The molecule has 1 atom stereocenters. The Morgan fingerprint density at radius 1 is 1.36 bits per heavy atom. The minimum Gasteiger partial charge on any atom is -0.350 e. The summed E-state index contributed by atoms with van der Waals surface area (Å²) in [6.45, 7) is 4.19. The molecule has 0 bridgehead atoms. The van der Waals surface area contributed by atoms with Crippen LogP contribution >= 0.6 is 23.2 Å². The Morgan fingerprint density at radius 3 is 2.36 bits per heavy atom. The minimum atomic E-state index is 0.179. The summed E-state index contributed by atoms with van der Waals surface area (Å²) in [5.41, 5.74) is 0. The van der Waals surface area contributed by atoms with Gasteiger partial charge in [-0.3, -0.25) is 0 Å². The quantitative estimate of drug-likeness (QED) is 0.814. The van der Waals surface area contributed by atoms with Gasteiger partial charge in [0.25, 0.3) is 0 Å². The van der Waals surface area contributed by atoms with Crippen LogP contribution < -0.4 is 5.32 Å². The number of anilines is 1. The number of hydrogen-bond acceptors (Lipinski definition) is 3. The molecule has 1 N–H and O–H groups in total. The van der Waals surface area contributed by atoms with Gasteiger partial charge in [-0.05, 0) is 5.92 Å². The smallest absolute Gasteiger partial charge is 0.222 e. The Labute approximate surface area is 93.9 Å². The van der Waals surface area contributed by atoms with Crippen LogP contribution in [0.25, 0.3) is 0 Å². The summed E-state index contributed by atoms with van der Waals surface area (Å²) >= 11 is 11.5. The lowest BCUT2D eigenvalue weighted by Gasteiger charge is -2.19. The number of rotatable bonds is 4. The molecule has 0 spiro atoms. The Morgan fingerprint density at radius 2 is 1.93 bits per heavy atom. The molecule has 5 heteroatoms. The van der Waals surface area contributed by atoms with Gasteiger partial charge in [0.05, 0.1) is 17.4 Å². The predicted molar refractivity (Wildman–Crippen MR) is 60.0 cm³/mol. The van der Waals surface area contributed by atoms with Gasteiger partial charge in [0.15, 0.2) is 0 Å². The van der Waals surface area contributed by atoms with Crippen LogP contribution in [0, 0.1) is 5.92 Å². The van der Waals surface area contributed by atoms with Gasteiger partial charge in [-0.25, -0.2) is 9.97 Å². The lowest BCUT2D eigenvalue weighted by Crippen LogP contribution is -2.28. The summed E-state index contributed by atoms with van der Waals surface area (Å²) in [5, 5.41) is 3.67. The van der Waals surface area contributed by atoms with Crippen LogP contribution in [-0.2, 0) is 0 Å². The van der Waals surface area contributed by atoms with Crippen LogP contribution in [0.15, 0.2) is 12.4 Å². The van der Waals surface area contributed by atoms with Crippen LogP contribution in [0.4, 0.5) is 5.95 Å². The van der Waals surface area contributed by atoms with E-state index < -0.39 is 0 Å². The Bertz CT molecular complexity index is 274. The summed E-state index contributed by atoms with van der Waals surface area (Å²) in [7, 11) is 0. The van der Waals surface area contributed by atoms with E-state index in [-0.39, 0.29) is 6.04 Å². The van der Waals surface area contributed by atoms with E-state index in [1.54, 1.807) is 12.4 Å². The van der Waals surface area contributed by atoms with Crippen LogP contribution in [0.5, 0.6) is 0 Å². The highest BCUT2D eigenvalue weighted by atomic mass is 35.5. The number of hydrogen-bond donors (Lipinski definition) is 1. The van der Waals surface area contributed by atoms with E-state index in [2.05, 4.69) is 29.1 Å². The van der Waals surface area contributed by atoms with E-state index in [0.29, 0.717) is 22.8 Å². The summed E-state index contributed by atoms with van der Waals surface area (Å²) in [6, 6.07) is 0.179. The first-order valence-corrected chi connectivity index (χ1v) is 5.34. The molecular formula is C9H13Cl2N3. The molecule has 0 saturated heterocycles. The number of alkyl halides is 1. The second-order valence-corrected chi connectivity index (χ2v) is 4.12. The molecule has 0 aliphatic rings. The number of halogens is 2. The molecule has 0 saturated carbocycles. The van der Waals surface area contributed by atoms with Crippen LogP contribution in [0.2, 0.25) is 5.02 Å². The molecule has 0 amide bonds. The predicted octanol–water partition coefficient (Wildman–Crippen LogP) is 2.81. The van der Waals surface area contributed by atoms with Gasteiger partial charge >= 0.3 is 0 Å². The average molecular weight is 234 g/mol. The van der Waals surface area contributed by atoms with Gasteiger partial charge in [0.2, 0.25) is 5.95 Å². The van der Waals surface area contributed by atoms with E-state index in [9.17, 15) is 0 Å². The van der Waals surface area contributed by atoms with Gasteiger partial charge in [-0.1, -0.05) is 25.4 Å². The van der Waals surface area contributed by atoms with Crippen molar-refractivity contribution in [2.75, 3.05) is 11.2 Å². The molecule has 0 aliphatic heterocycles. The van der Waals surface area contributed by atoms with E-state index in [4.69, 9.17) is 23.2 Å². The summed E-state index contributed by atoms with van der Waals surface area (Å²) < 4.78 is 0. The van der Waals surface area contributed by atoms with Crippen molar-refractivity contribution < 1.29 is 0 Å². The third kappa shape index (κ3) is 3.31. The maximum atomic E-state index is 5.80. The van der Waals surface area contributed by atoms with Gasteiger partial charge in [0, 0.05) is 11.9 Å². The summed E-state index contributed by atoms with van der Waals surface area (Å²) in [5.74, 6) is 1.53. The fraction of sp³-hybridized carbons (Fsp3) is 0.556. The molecule has 1 aromatic rings. The van der Waals surface area contributed by atoms with Crippen molar-refractivity contribution in [1.82, 2.24) is 9.97 Å². The molecule has 3 nitrogen and oxygen atoms in total. The topological polar surface area (TPSA) is 37.8 Å². The normalized spacial score (nSPS) is 12.9. The fourth-order valence-electron chi connectivity index (χ4n) is 0.936. The molecule has 1 rings (SSSR count). The van der Waals surface area contributed by atoms with Crippen molar-refractivity contribution in [2.45, 2.75) is 19.9 Å². The van der Waals surface area contributed by atoms with E-state index in [1.807, 2.05) is 0 Å². The number of nitrogens with one attached hydrogen (secondary N) is 1. The first kappa shape index (κ1) is 11.5. The largest absolute Gasteiger partial charge is 0.350 e. The fourth-order valence-corrected chi connectivity index (χ4v) is 1.47. The molecule has 0 aliphatic carbocycles. The third-order valence-electron chi connectivity index (χ3n) is 1.91. The second kappa shape index (κ2) is 5.37. The minimum absolute atomic E-state index is 0.179. The molecule has 0 fully saturated rings. The molecule has 1 aromatic heterocycles. The van der Waals surface area contributed by atoms with Crippen molar-refractivity contribution in [3.8, 4) is 0 Å². The first-order valence-electron chi connectivity index (χ1n) is 4.43. The molecule has 0 aromatic carbocycles. The third-order valence-corrected chi connectivity index (χ3v) is 2.43. The summed E-state index contributed by atoms with van der Waals surface area (Å²) in [6.07, 6.45) is 3.12. The van der Waals surface area contributed by atoms with Crippen molar-refractivity contribution >= 4 is 29.2 Å². The molecule has 1 heterocycles. The number of aromatic nitrogens is 2. The average Bonchev–Trinajstić information content (AvgIpc) is 2.16. The number of nitrogens with zero attached hydrogens (tertiary/aromatic N) is 2. The van der Waals surface area contributed by atoms with Crippen LogP contribution in [-0.4, -0.2) is 21.9 Å². The molecule has 78 valence electrons. The zero-order chi connectivity index (χ0) is 10.6. The highest BCUT2D eigenvalue weighted by Crippen LogP contribution is 2.11. The van der Waals surface area contributed by atoms with Crippen molar-refractivity contribution in [2.24, 2.45) is 5.92 Å². The van der Waals surface area contributed by atoms with Crippen molar-refractivity contribution in [3.05, 3.63) is 17.4 Å². The van der Waals surface area contributed by atoms with E-state index in [0.717, 1.165) is 0 Å². The zero-order valence-corrected chi connectivity index (χ0v) is 9.68. The van der Waals surface area contributed by atoms with Gasteiger partial charge in [-0.15, -0.1) is 11.6 Å². The molecule has 14 heavy (non-hydrogen) atoms. The van der Waals surface area contributed by atoms with E-state index >= 15 is 0 Å². The van der Waals surface area contributed by atoms with Crippen molar-refractivity contribution in [3.63, 3.8) is 0 Å². The second-order valence-electron chi connectivity index (χ2n) is 3.37. The molecule has 1 unspecified atom stereocenters. The van der Waals surface area contributed by atoms with Crippen LogP contribution in [0.1, 0.15) is 13.8 Å². The van der Waals surface area contributed by atoms with E-state index in [1.165, 1.54) is 0 Å². The Balaban J connectivity index is 2.63. The maximum Gasteiger partial charge on any atom is 0.222 e. The lowest BCUT2D eigenvalue weighted by atomic mass is 10.1. The lowest BCUT2D eigenvalue weighted by molar-refractivity contribution is 0.560. The Hall–Kier alpha value is -0.540. The van der Waals surface area contributed by atoms with Gasteiger partial charge in [0.1, 0.15) is 0 Å². The van der Waals surface area contributed by atoms with Crippen LogP contribution in [0.3, 0.4) is 0 Å². The highest BCUT2D eigenvalue weighted by Gasteiger charge is 2.12. The SMILES string of the molecule is CC(C)C(CCl)Nc1ncc(Cl)cn1. The van der Waals surface area contributed by atoms with Crippen molar-refractivity contribution in [1.29, 1.82) is 0 Å². The highest BCUT2D eigenvalue weighted by molar-refractivity contribution is 6.30. The maximum absolute atomic E-state index is 5.80. The van der Waals surface area contributed by atoms with Gasteiger partial charge < -0.3 is 5.32 Å². The zero-order valence-electron chi connectivity index (χ0n) is 8.17. The first-order chi connectivity index (χ1) is 6.63. The Kier molecular flexibility index (Phi) is 4.42. The molecule has 0 radical (unpaired) electrons. The summed E-state index contributed by atoms with van der Waals surface area (Å²) in [4.78, 5) is 8.07.